The molecule has 28 heavy (non-hydrogen) atoms. The number of likely N-dealkylation sites (tertiary alicyclic amines) is 1. The summed E-state index contributed by atoms with van der Waals surface area (Å²) in [5.74, 6) is -1.45. The van der Waals surface area contributed by atoms with E-state index in [1.54, 1.807) is 24.4 Å². The molecule has 0 spiro atoms. The van der Waals surface area contributed by atoms with Crippen molar-refractivity contribution in [3.63, 3.8) is 0 Å². The van der Waals surface area contributed by atoms with E-state index in [9.17, 15) is 14.7 Å². The van der Waals surface area contributed by atoms with Gasteiger partial charge in [-0.2, -0.15) is 0 Å². The summed E-state index contributed by atoms with van der Waals surface area (Å²) in [4.78, 5) is 32.3. The highest BCUT2D eigenvalue weighted by Gasteiger charge is 2.46. The second-order valence-electron chi connectivity index (χ2n) is 6.63. The number of Topliss-reactive ketones (excluding diaryl/α,β-unsaturated/α-hetero) is 1. The average molecular weight is 390 g/mol. The maximum Gasteiger partial charge on any atom is 0.296 e. The number of carbonyl (C=O) groups is 2. The minimum atomic E-state index is -0.674. The van der Waals surface area contributed by atoms with Gasteiger partial charge in [0.05, 0.1) is 17.8 Å². The van der Waals surface area contributed by atoms with Crippen LogP contribution in [0.3, 0.4) is 0 Å². The van der Waals surface area contributed by atoms with Crippen LogP contribution in [0, 0.1) is 6.92 Å². The fourth-order valence-corrected chi connectivity index (χ4v) is 4.16. The second-order valence-corrected chi connectivity index (χ2v) is 7.61. The highest BCUT2D eigenvalue weighted by Crippen LogP contribution is 2.41. The number of aromatic nitrogens is 1. The molecule has 6 heteroatoms. The molecular weight excluding hydrogens is 372 g/mol. The first-order chi connectivity index (χ1) is 13.6. The predicted molar refractivity (Wildman–Crippen MR) is 108 cm³/mol. The predicted octanol–water partition coefficient (Wildman–Crippen LogP) is 4.07. The van der Waals surface area contributed by atoms with Crippen molar-refractivity contribution in [2.24, 2.45) is 0 Å². The van der Waals surface area contributed by atoms with Crippen LogP contribution in [0.1, 0.15) is 27.7 Å². The molecule has 3 heterocycles. The Hall–Kier alpha value is -3.25. The maximum absolute atomic E-state index is 12.9. The molecule has 3 aromatic rings. The molecule has 4 rings (SSSR count). The van der Waals surface area contributed by atoms with Crippen molar-refractivity contribution in [3.05, 3.63) is 93.4 Å². The molecule has 1 unspecified atom stereocenters. The Balaban J connectivity index is 1.83. The number of hydrogen-bond donors (Lipinski definition) is 1. The molecule has 5 nitrogen and oxygen atoms in total. The normalized spacial score (nSPS) is 18.6. The Labute approximate surface area is 166 Å². The summed E-state index contributed by atoms with van der Waals surface area (Å²) in [5.41, 5.74) is 2.36. The molecule has 1 saturated heterocycles. The van der Waals surface area contributed by atoms with Gasteiger partial charge in [-0.05, 0) is 30.5 Å². The van der Waals surface area contributed by atoms with E-state index >= 15 is 0 Å². The Morgan fingerprint density at radius 1 is 1.11 bits per heavy atom. The molecule has 1 aromatic carbocycles. The largest absolute Gasteiger partial charge is 0.507 e. The smallest absolute Gasteiger partial charge is 0.296 e. The molecule has 1 N–H and O–H groups in total. The van der Waals surface area contributed by atoms with E-state index < -0.39 is 17.7 Å². The fraction of sp³-hybridized carbons (Fsp3) is 0.136. The highest BCUT2D eigenvalue weighted by atomic mass is 32.1. The van der Waals surface area contributed by atoms with Crippen LogP contribution in [0.15, 0.2) is 71.7 Å². The maximum atomic E-state index is 12.9. The second kappa shape index (κ2) is 7.40. The van der Waals surface area contributed by atoms with Gasteiger partial charge in [0.15, 0.2) is 0 Å². The lowest BCUT2D eigenvalue weighted by Crippen LogP contribution is -2.29. The van der Waals surface area contributed by atoms with Gasteiger partial charge < -0.3 is 10.0 Å². The van der Waals surface area contributed by atoms with Crippen LogP contribution in [0.25, 0.3) is 5.76 Å². The molecule has 1 atom stereocenters. The van der Waals surface area contributed by atoms with Gasteiger partial charge in [0, 0.05) is 16.6 Å². The van der Waals surface area contributed by atoms with Gasteiger partial charge in [0.1, 0.15) is 11.8 Å². The molecule has 1 aliphatic rings. The number of aliphatic hydroxyl groups is 1. The number of rotatable bonds is 4. The summed E-state index contributed by atoms with van der Waals surface area (Å²) in [6.07, 6.45) is 1.65. The van der Waals surface area contributed by atoms with Gasteiger partial charge in [0.2, 0.25) is 0 Å². The van der Waals surface area contributed by atoms with E-state index in [1.165, 1.54) is 16.2 Å². The first-order valence-corrected chi connectivity index (χ1v) is 9.73. The zero-order valence-corrected chi connectivity index (χ0v) is 16.0. The van der Waals surface area contributed by atoms with E-state index in [-0.39, 0.29) is 17.9 Å². The van der Waals surface area contributed by atoms with Crippen LogP contribution in [0.4, 0.5) is 0 Å². The zero-order valence-electron chi connectivity index (χ0n) is 15.2. The van der Waals surface area contributed by atoms with Crippen molar-refractivity contribution in [3.8, 4) is 0 Å². The highest BCUT2D eigenvalue weighted by molar-refractivity contribution is 7.10. The van der Waals surface area contributed by atoms with E-state index in [1.807, 2.05) is 48.7 Å². The number of ketones is 1. The van der Waals surface area contributed by atoms with Crippen molar-refractivity contribution in [1.29, 1.82) is 0 Å². The van der Waals surface area contributed by atoms with Gasteiger partial charge in [-0.1, -0.05) is 42.0 Å². The molecule has 0 radical (unpaired) electrons. The summed E-state index contributed by atoms with van der Waals surface area (Å²) in [5, 5.41) is 12.8. The van der Waals surface area contributed by atoms with E-state index in [0.717, 1.165) is 10.4 Å². The summed E-state index contributed by atoms with van der Waals surface area (Å²) >= 11 is 1.45. The third kappa shape index (κ3) is 3.23. The first-order valence-electron chi connectivity index (χ1n) is 8.85. The Morgan fingerprint density at radius 2 is 1.89 bits per heavy atom. The topological polar surface area (TPSA) is 70.5 Å². The van der Waals surface area contributed by atoms with Crippen LogP contribution >= 0.6 is 11.3 Å². The minimum Gasteiger partial charge on any atom is -0.507 e. The third-order valence-corrected chi connectivity index (χ3v) is 5.66. The van der Waals surface area contributed by atoms with Gasteiger partial charge in [-0.3, -0.25) is 14.6 Å². The molecule has 0 aliphatic carbocycles. The molecule has 1 fully saturated rings. The van der Waals surface area contributed by atoms with Crippen molar-refractivity contribution in [2.75, 3.05) is 0 Å². The number of aryl methyl sites for hydroxylation is 1. The van der Waals surface area contributed by atoms with Crippen LogP contribution in [0.5, 0.6) is 0 Å². The number of nitrogens with zero attached hydrogens (tertiary/aromatic N) is 2. The summed E-state index contributed by atoms with van der Waals surface area (Å²) in [6.45, 7) is 2.14. The molecule has 1 aliphatic heterocycles. The van der Waals surface area contributed by atoms with Crippen LogP contribution in [-0.4, -0.2) is 26.7 Å². The standard InChI is InChI=1S/C22H18N2O3S/c1-14-7-9-15(10-8-14)20(25)18-19(17-6-4-12-28-17)24(22(27)21(18)26)13-16-5-2-3-11-23-16/h2-12,19,25H,13H2,1H3/b20-18-. The van der Waals surface area contributed by atoms with Gasteiger partial charge in [-0.15, -0.1) is 11.3 Å². The number of aliphatic hydroxyl groups excluding tert-OH is 1. The van der Waals surface area contributed by atoms with Gasteiger partial charge in [-0.25, -0.2) is 0 Å². The molecule has 0 bridgehead atoms. The third-order valence-electron chi connectivity index (χ3n) is 4.74. The molecule has 140 valence electrons. The van der Waals surface area contributed by atoms with Crippen molar-refractivity contribution >= 4 is 28.8 Å². The minimum absolute atomic E-state index is 0.118. The van der Waals surface area contributed by atoms with Gasteiger partial charge in [0.25, 0.3) is 11.7 Å². The Bertz CT molecular complexity index is 1040. The quantitative estimate of drug-likeness (QED) is 0.414. The number of pyridine rings is 1. The zero-order chi connectivity index (χ0) is 19.7. The lowest BCUT2D eigenvalue weighted by Gasteiger charge is -2.23. The number of hydrogen-bond acceptors (Lipinski definition) is 5. The number of thiophene rings is 1. The number of benzene rings is 1. The lowest BCUT2D eigenvalue weighted by molar-refractivity contribution is -0.140. The Morgan fingerprint density at radius 3 is 2.54 bits per heavy atom. The molecule has 2 aromatic heterocycles. The number of amides is 1. The summed E-state index contributed by atoms with van der Waals surface area (Å²) in [7, 11) is 0. The van der Waals surface area contributed by atoms with Crippen molar-refractivity contribution in [2.45, 2.75) is 19.5 Å². The van der Waals surface area contributed by atoms with Crippen molar-refractivity contribution < 1.29 is 14.7 Å². The van der Waals surface area contributed by atoms with Crippen molar-refractivity contribution in [1.82, 2.24) is 9.88 Å². The Kier molecular flexibility index (Phi) is 4.79. The van der Waals surface area contributed by atoms with Crippen LogP contribution < -0.4 is 0 Å². The van der Waals surface area contributed by atoms with E-state index in [4.69, 9.17) is 0 Å². The summed E-state index contributed by atoms with van der Waals surface area (Å²) < 4.78 is 0. The lowest BCUT2D eigenvalue weighted by atomic mass is 9.99. The van der Waals surface area contributed by atoms with E-state index in [2.05, 4.69) is 4.98 Å². The van der Waals surface area contributed by atoms with Crippen LogP contribution in [-0.2, 0) is 16.1 Å². The van der Waals surface area contributed by atoms with E-state index in [0.29, 0.717) is 11.3 Å². The molecular formula is C22H18N2O3S. The fourth-order valence-electron chi connectivity index (χ4n) is 3.32. The molecule has 0 saturated carbocycles. The monoisotopic (exact) mass is 390 g/mol. The summed E-state index contributed by atoms with van der Waals surface area (Å²) in [6, 6.07) is 15.8. The van der Waals surface area contributed by atoms with Crippen LogP contribution in [0.2, 0.25) is 0 Å². The van der Waals surface area contributed by atoms with Gasteiger partial charge >= 0.3 is 0 Å². The molecule has 1 amide bonds. The average Bonchev–Trinajstić information content (AvgIpc) is 3.32. The SMILES string of the molecule is Cc1ccc(/C(O)=C2/C(=O)C(=O)N(Cc3ccccn3)C2c2cccs2)cc1. The first kappa shape index (κ1) is 18.1. The number of carbonyl (C=O) groups excluding carboxylic acids is 2.